The summed E-state index contributed by atoms with van der Waals surface area (Å²) in [4.78, 5) is 33.4. The molecule has 0 aliphatic heterocycles. The van der Waals surface area contributed by atoms with Gasteiger partial charge >= 0.3 is 5.97 Å². The van der Waals surface area contributed by atoms with Crippen LogP contribution in [0, 0.1) is 21.7 Å². The van der Waals surface area contributed by atoms with Crippen molar-refractivity contribution in [2.75, 3.05) is 11.9 Å². The average molecular weight is 371 g/mol. The third kappa shape index (κ3) is 4.48. The van der Waals surface area contributed by atoms with Crippen molar-refractivity contribution >= 4 is 34.9 Å². The van der Waals surface area contributed by atoms with Gasteiger partial charge in [0, 0.05) is 11.8 Å². The fourth-order valence-electron chi connectivity index (χ4n) is 1.82. The van der Waals surface area contributed by atoms with Crippen LogP contribution in [-0.4, -0.2) is 23.4 Å². The fraction of sp³-hybridized carbons (Fsp3) is 0.0667. The van der Waals surface area contributed by atoms with Crippen LogP contribution in [0.25, 0.3) is 0 Å². The molecule has 1 N–H and O–H groups in total. The minimum atomic E-state index is -1.35. The van der Waals surface area contributed by atoms with E-state index in [-0.39, 0.29) is 10.7 Å². The van der Waals surface area contributed by atoms with Gasteiger partial charge in [-0.1, -0.05) is 17.7 Å². The van der Waals surface area contributed by atoms with Gasteiger partial charge in [-0.3, -0.25) is 14.9 Å². The molecule has 2 aromatic carbocycles. The number of rotatable bonds is 5. The normalized spacial score (nSPS) is 10.2. The van der Waals surface area contributed by atoms with Crippen LogP contribution in [0.1, 0.15) is 10.4 Å². The van der Waals surface area contributed by atoms with Crippen LogP contribution in [0.5, 0.6) is 0 Å². The molecule has 130 valence electrons. The van der Waals surface area contributed by atoms with Gasteiger partial charge in [-0.25, -0.2) is 13.6 Å². The highest BCUT2D eigenvalue weighted by molar-refractivity contribution is 6.32. The Morgan fingerprint density at radius 1 is 1.20 bits per heavy atom. The first kappa shape index (κ1) is 18.3. The number of ether oxygens (including phenoxy) is 1. The molecule has 0 aliphatic carbocycles. The number of carbonyl (C=O) groups is 2. The Morgan fingerprint density at radius 2 is 1.84 bits per heavy atom. The molecule has 0 fully saturated rings. The smallest absolute Gasteiger partial charge is 0.344 e. The first-order valence-electron chi connectivity index (χ1n) is 6.64. The van der Waals surface area contributed by atoms with Crippen molar-refractivity contribution in [2.24, 2.45) is 0 Å². The van der Waals surface area contributed by atoms with Crippen molar-refractivity contribution in [3.05, 3.63) is 68.7 Å². The number of anilines is 1. The number of halogens is 3. The van der Waals surface area contributed by atoms with E-state index in [0.717, 1.165) is 24.3 Å². The highest BCUT2D eigenvalue weighted by Gasteiger charge is 2.20. The molecule has 0 atom stereocenters. The number of nitro groups is 1. The van der Waals surface area contributed by atoms with E-state index < -0.39 is 46.3 Å². The van der Waals surface area contributed by atoms with E-state index in [9.17, 15) is 28.5 Å². The maximum absolute atomic E-state index is 13.4. The average Bonchev–Trinajstić information content (AvgIpc) is 2.54. The van der Waals surface area contributed by atoms with Crippen molar-refractivity contribution in [3.63, 3.8) is 0 Å². The first-order valence-corrected chi connectivity index (χ1v) is 7.02. The van der Waals surface area contributed by atoms with E-state index in [4.69, 9.17) is 11.6 Å². The number of hydrogen-bond donors (Lipinski definition) is 1. The third-order valence-corrected chi connectivity index (χ3v) is 3.25. The van der Waals surface area contributed by atoms with Crippen LogP contribution >= 0.6 is 11.6 Å². The number of nitro benzene ring substituents is 1. The van der Waals surface area contributed by atoms with E-state index in [2.05, 4.69) is 10.1 Å². The topological polar surface area (TPSA) is 98.5 Å². The summed E-state index contributed by atoms with van der Waals surface area (Å²) in [6.45, 7) is -0.844. The monoisotopic (exact) mass is 370 g/mol. The number of nitrogens with zero attached hydrogens (tertiary/aromatic N) is 1. The van der Waals surface area contributed by atoms with Crippen LogP contribution in [0.3, 0.4) is 0 Å². The molecule has 1 amide bonds. The standard InChI is InChI=1S/C15H9ClF2N2O5/c16-9-5-4-8(6-12(9)20(23)24)19-13(21)7-25-15(22)14-10(17)2-1-3-11(14)18/h1-6H,7H2,(H,19,21). The van der Waals surface area contributed by atoms with Crippen molar-refractivity contribution in [2.45, 2.75) is 0 Å². The number of amides is 1. The predicted molar refractivity (Wildman–Crippen MR) is 83.4 cm³/mol. The lowest BCUT2D eigenvalue weighted by Crippen LogP contribution is -2.22. The Hall–Kier alpha value is -3.07. The summed E-state index contributed by atoms with van der Waals surface area (Å²) in [5.41, 5.74) is -1.31. The predicted octanol–water partition coefficient (Wildman–Crippen LogP) is 3.32. The van der Waals surface area contributed by atoms with Crippen LogP contribution in [0.4, 0.5) is 20.2 Å². The second-order valence-electron chi connectivity index (χ2n) is 4.64. The molecule has 0 aliphatic rings. The molecule has 0 saturated heterocycles. The molecular weight excluding hydrogens is 362 g/mol. The highest BCUT2D eigenvalue weighted by Crippen LogP contribution is 2.27. The van der Waals surface area contributed by atoms with Gasteiger partial charge in [-0.15, -0.1) is 0 Å². The zero-order valence-electron chi connectivity index (χ0n) is 12.3. The van der Waals surface area contributed by atoms with E-state index in [1.54, 1.807) is 0 Å². The van der Waals surface area contributed by atoms with E-state index >= 15 is 0 Å². The molecule has 0 saturated carbocycles. The number of esters is 1. The molecule has 0 unspecified atom stereocenters. The Kier molecular flexibility index (Phi) is 5.60. The lowest BCUT2D eigenvalue weighted by atomic mass is 10.2. The van der Waals surface area contributed by atoms with Gasteiger partial charge in [-0.05, 0) is 24.3 Å². The molecule has 7 nitrogen and oxygen atoms in total. The number of carbonyl (C=O) groups excluding carboxylic acids is 2. The quantitative estimate of drug-likeness (QED) is 0.494. The number of benzene rings is 2. The Bertz CT molecular complexity index is 840. The number of nitrogens with one attached hydrogen (secondary N) is 1. The van der Waals surface area contributed by atoms with Gasteiger partial charge in [0.2, 0.25) is 0 Å². The van der Waals surface area contributed by atoms with Crippen molar-refractivity contribution in [1.29, 1.82) is 0 Å². The van der Waals surface area contributed by atoms with Gasteiger partial charge < -0.3 is 10.1 Å². The Labute approximate surface area is 144 Å². The molecule has 10 heteroatoms. The summed E-state index contributed by atoms with van der Waals surface area (Å²) < 4.78 is 31.4. The zero-order chi connectivity index (χ0) is 18.6. The van der Waals surface area contributed by atoms with Crippen LogP contribution in [0.2, 0.25) is 5.02 Å². The van der Waals surface area contributed by atoms with Crippen molar-refractivity contribution in [3.8, 4) is 0 Å². The molecule has 0 radical (unpaired) electrons. The molecule has 0 spiro atoms. The minimum Gasteiger partial charge on any atom is -0.452 e. The van der Waals surface area contributed by atoms with Gasteiger partial charge in [0.1, 0.15) is 22.2 Å². The lowest BCUT2D eigenvalue weighted by molar-refractivity contribution is -0.384. The summed E-state index contributed by atoms with van der Waals surface area (Å²) in [6.07, 6.45) is 0. The maximum atomic E-state index is 13.4. The minimum absolute atomic E-state index is 0.0363. The Balaban J connectivity index is 2.00. The van der Waals surface area contributed by atoms with Crippen LogP contribution in [-0.2, 0) is 9.53 Å². The first-order chi connectivity index (χ1) is 11.8. The summed E-state index contributed by atoms with van der Waals surface area (Å²) >= 11 is 5.63. The molecule has 0 heterocycles. The van der Waals surface area contributed by atoms with E-state index in [1.165, 1.54) is 12.1 Å². The van der Waals surface area contributed by atoms with Gasteiger partial charge in [-0.2, -0.15) is 0 Å². The molecule has 2 rings (SSSR count). The zero-order valence-corrected chi connectivity index (χ0v) is 13.0. The second-order valence-corrected chi connectivity index (χ2v) is 5.05. The van der Waals surface area contributed by atoms with Gasteiger partial charge in [0.05, 0.1) is 4.92 Å². The molecule has 0 bridgehead atoms. The highest BCUT2D eigenvalue weighted by atomic mass is 35.5. The van der Waals surface area contributed by atoms with Crippen LogP contribution < -0.4 is 5.32 Å². The van der Waals surface area contributed by atoms with Crippen molar-refractivity contribution < 1.29 is 28.0 Å². The SMILES string of the molecule is O=C(COC(=O)c1c(F)cccc1F)Nc1ccc(Cl)c([N+](=O)[O-])c1. The van der Waals surface area contributed by atoms with Crippen LogP contribution in [0.15, 0.2) is 36.4 Å². The Morgan fingerprint density at radius 3 is 2.44 bits per heavy atom. The van der Waals surface area contributed by atoms with E-state index in [0.29, 0.717) is 0 Å². The summed E-state index contributed by atoms with van der Waals surface area (Å²) in [6, 6.07) is 6.32. The fourth-order valence-corrected chi connectivity index (χ4v) is 2.01. The molecule has 0 aromatic heterocycles. The molecule has 25 heavy (non-hydrogen) atoms. The van der Waals surface area contributed by atoms with Gasteiger partial charge in [0.25, 0.3) is 11.6 Å². The summed E-state index contributed by atoms with van der Waals surface area (Å²) in [5.74, 6) is -4.47. The molecule has 2 aromatic rings. The maximum Gasteiger partial charge on any atom is 0.344 e. The largest absolute Gasteiger partial charge is 0.452 e. The van der Waals surface area contributed by atoms with Gasteiger partial charge in [0.15, 0.2) is 6.61 Å². The van der Waals surface area contributed by atoms with E-state index in [1.807, 2.05) is 0 Å². The third-order valence-electron chi connectivity index (χ3n) is 2.93. The number of hydrogen-bond acceptors (Lipinski definition) is 5. The lowest BCUT2D eigenvalue weighted by Gasteiger charge is -2.08. The van der Waals surface area contributed by atoms with Crippen molar-refractivity contribution in [1.82, 2.24) is 0 Å². The molecular formula is C15H9ClF2N2O5. The summed E-state index contributed by atoms with van der Waals surface area (Å²) in [7, 11) is 0. The summed E-state index contributed by atoms with van der Waals surface area (Å²) in [5, 5.41) is 12.9. The second kappa shape index (κ2) is 7.67.